The van der Waals surface area contributed by atoms with E-state index in [4.69, 9.17) is 8.83 Å². The smallest absolute Gasteiger partial charge is 0.322 e. The van der Waals surface area contributed by atoms with Crippen molar-refractivity contribution >= 4 is 22.8 Å². The van der Waals surface area contributed by atoms with Gasteiger partial charge >= 0.3 is 6.01 Å². The molecule has 0 radical (unpaired) electrons. The molecule has 0 spiro atoms. The second-order valence-corrected chi connectivity index (χ2v) is 5.46. The molecule has 1 amide bonds. The number of anilines is 1. The van der Waals surface area contributed by atoms with Gasteiger partial charge in [-0.3, -0.25) is 10.1 Å². The van der Waals surface area contributed by atoms with Gasteiger partial charge in [0, 0.05) is 10.9 Å². The van der Waals surface area contributed by atoms with Gasteiger partial charge in [-0.2, -0.15) is 0 Å². The number of aromatic amines is 1. The van der Waals surface area contributed by atoms with E-state index in [1.807, 2.05) is 44.2 Å². The van der Waals surface area contributed by atoms with Gasteiger partial charge in [-0.25, -0.2) is 0 Å². The molecule has 7 heteroatoms. The number of aryl methyl sites for hydroxylation is 2. The molecule has 3 aromatic heterocycles. The fraction of sp³-hybridized carbons (Fsp3) is 0.118. The van der Waals surface area contributed by atoms with Gasteiger partial charge in [-0.05, 0) is 32.0 Å². The molecule has 2 N–H and O–H groups in total. The van der Waals surface area contributed by atoms with Gasteiger partial charge in [0.25, 0.3) is 11.8 Å². The summed E-state index contributed by atoms with van der Waals surface area (Å²) in [6, 6.07) is 11.3. The Hall–Kier alpha value is -3.35. The SMILES string of the molecule is Cc1cc(-c2nnc(NC(=O)c3cc4ccccc4[nH]3)o2)c(C)o1. The van der Waals surface area contributed by atoms with Crippen LogP contribution < -0.4 is 5.32 Å². The van der Waals surface area contributed by atoms with Crippen LogP contribution in [0.1, 0.15) is 22.0 Å². The third-order valence-electron chi connectivity index (χ3n) is 3.69. The van der Waals surface area contributed by atoms with Gasteiger partial charge in [-0.1, -0.05) is 23.3 Å². The molecule has 3 heterocycles. The highest BCUT2D eigenvalue weighted by atomic mass is 16.4. The minimum Gasteiger partial charge on any atom is -0.466 e. The van der Waals surface area contributed by atoms with Crippen molar-refractivity contribution in [2.75, 3.05) is 5.32 Å². The Kier molecular flexibility index (Phi) is 3.19. The zero-order valence-corrected chi connectivity index (χ0v) is 13.1. The molecule has 0 unspecified atom stereocenters. The number of aromatic nitrogens is 3. The van der Waals surface area contributed by atoms with E-state index < -0.39 is 0 Å². The molecule has 4 rings (SSSR count). The van der Waals surface area contributed by atoms with Crippen LogP contribution in [0.2, 0.25) is 0 Å². The molecule has 7 nitrogen and oxygen atoms in total. The number of amides is 1. The topological polar surface area (TPSA) is 97.0 Å². The van der Waals surface area contributed by atoms with Crippen LogP contribution >= 0.6 is 0 Å². The number of carbonyl (C=O) groups excluding carboxylic acids is 1. The van der Waals surface area contributed by atoms with E-state index in [0.717, 1.165) is 16.7 Å². The molecular weight excluding hydrogens is 308 g/mol. The minimum atomic E-state index is -0.346. The van der Waals surface area contributed by atoms with Gasteiger partial charge in [0.1, 0.15) is 17.2 Å². The number of para-hydroxylation sites is 1. The zero-order chi connectivity index (χ0) is 16.7. The standard InChI is InChI=1S/C17H14N4O3/c1-9-7-12(10(2)23-9)16-20-21-17(24-16)19-15(22)14-8-11-5-3-4-6-13(11)18-14/h3-8,18H,1-2H3,(H,19,21,22). The van der Waals surface area contributed by atoms with Gasteiger partial charge < -0.3 is 13.8 Å². The molecule has 24 heavy (non-hydrogen) atoms. The first-order valence-electron chi connectivity index (χ1n) is 7.40. The van der Waals surface area contributed by atoms with Crippen molar-refractivity contribution in [3.63, 3.8) is 0 Å². The Morgan fingerprint density at radius 3 is 2.71 bits per heavy atom. The molecule has 0 aliphatic heterocycles. The van der Waals surface area contributed by atoms with Gasteiger partial charge in [-0.15, -0.1) is 5.10 Å². The van der Waals surface area contributed by atoms with Crippen LogP contribution in [-0.2, 0) is 0 Å². The van der Waals surface area contributed by atoms with Crippen LogP contribution in [0.25, 0.3) is 22.4 Å². The molecule has 1 aromatic carbocycles. The Labute approximate surface area is 136 Å². The number of furan rings is 1. The second kappa shape index (κ2) is 5.38. The number of fused-ring (bicyclic) bond motifs is 1. The summed E-state index contributed by atoms with van der Waals surface area (Å²) in [7, 11) is 0. The van der Waals surface area contributed by atoms with Crippen molar-refractivity contribution in [2.24, 2.45) is 0 Å². The van der Waals surface area contributed by atoms with E-state index in [2.05, 4.69) is 20.5 Å². The first-order valence-corrected chi connectivity index (χ1v) is 7.40. The lowest BCUT2D eigenvalue weighted by molar-refractivity contribution is 0.102. The second-order valence-electron chi connectivity index (χ2n) is 5.46. The summed E-state index contributed by atoms with van der Waals surface area (Å²) < 4.78 is 10.9. The number of nitrogens with one attached hydrogen (secondary N) is 2. The molecular formula is C17H14N4O3. The lowest BCUT2D eigenvalue weighted by Gasteiger charge is -1.96. The number of nitrogens with zero attached hydrogens (tertiary/aromatic N) is 2. The predicted molar refractivity (Wildman–Crippen MR) is 87.7 cm³/mol. The van der Waals surface area contributed by atoms with Gasteiger partial charge in [0.2, 0.25) is 0 Å². The van der Waals surface area contributed by atoms with E-state index >= 15 is 0 Å². The summed E-state index contributed by atoms with van der Waals surface area (Å²) in [4.78, 5) is 15.4. The Morgan fingerprint density at radius 1 is 1.12 bits per heavy atom. The van der Waals surface area contributed by atoms with Crippen LogP contribution in [0, 0.1) is 13.8 Å². The van der Waals surface area contributed by atoms with Crippen molar-refractivity contribution < 1.29 is 13.6 Å². The maximum Gasteiger partial charge on any atom is 0.322 e. The first kappa shape index (κ1) is 14.3. The third kappa shape index (κ3) is 2.45. The van der Waals surface area contributed by atoms with Crippen molar-refractivity contribution in [1.29, 1.82) is 0 Å². The third-order valence-corrected chi connectivity index (χ3v) is 3.69. The van der Waals surface area contributed by atoms with Gasteiger partial charge in [0.05, 0.1) is 5.56 Å². The predicted octanol–water partition coefficient (Wildman–Crippen LogP) is 3.68. The fourth-order valence-corrected chi connectivity index (χ4v) is 2.59. The van der Waals surface area contributed by atoms with E-state index in [1.54, 1.807) is 6.07 Å². The van der Waals surface area contributed by atoms with Crippen LogP contribution in [-0.4, -0.2) is 21.1 Å². The summed E-state index contributed by atoms with van der Waals surface area (Å²) in [5.74, 6) is 1.40. The highest BCUT2D eigenvalue weighted by Crippen LogP contribution is 2.26. The highest BCUT2D eigenvalue weighted by molar-refractivity contribution is 6.04. The average Bonchev–Trinajstić information content (AvgIpc) is 3.25. The van der Waals surface area contributed by atoms with E-state index in [0.29, 0.717) is 22.9 Å². The summed E-state index contributed by atoms with van der Waals surface area (Å²) in [6.07, 6.45) is 0. The maximum absolute atomic E-state index is 12.3. The number of carbonyl (C=O) groups is 1. The summed E-state index contributed by atoms with van der Waals surface area (Å²) in [5, 5.41) is 11.4. The number of rotatable bonds is 3. The summed E-state index contributed by atoms with van der Waals surface area (Å²) >= 11 is 0. The highest BCUT2D eigenvalue weighted by Gasteiger charge is 2.17. The average molecular weight is 322 g/mol. The van der Waals surface area contributed by atoms with Crippen molar-refractivity contribution in [3.05, 3.63) is 53.6 Å². The normalized spacial score (nSPS) is 11.1. The minimum absolute atomic E-state index is 0.0342. The number of H-pyrrole nitrogens is 1. The van der Waals surface area contributed by atoms with Gasteiger partial charge in [0.15, 0.2) is 0 Å². The molecule has 0 saturated heterocycles. The maximum atomic E-state index is 12.3. The molecule has 120 valence electrons. The molecule has 0 fully saturated rings. The molecule has 0 bridgehead atoms. The largest absolute Gasteiger partial charge is 0.466 e. The Morgan fingerprint density at radius 2 is 1.96 bits per heavy atom. The van der Waals surface area contributed by atoms with E-state index in [1.165, 1.54) is 0 Å². The van der Waals surface area contributed by atoms with E-state index in [-0.39, 0.29) is 11.9 Å². The number of benzene rings is 1. The van der Waals surface area contributed by atoms with Crippen molar-refractivity contribution in [3.8, 4) is 11.5 Å². The van der Waals surface area contributed by atoms with Crippen LogP contribution in [0.15, 0.2) is 45.2 Å². The number of hydrogen-bond acceptors (Lipinski definition) is 5. The monoisotopic (exact) mass is 322 g/mol. The van der Waals surface area contributed by atoms with E-state index in [9.17, 15) is 4.79 Å². The Balaban J connectivity index is 1.57. The van der Waals surface area contributed by atoms with Crippen LogP contribution in [0.4, 0.5) is 6.01 Å². The summed E-state index contributed by atoms with van der Waals surface area (Å²) in [5.41, 5.74) is 2.02. The van der Waals surface area contributed by atoms with Crippen LogP contribution in [0.5, 0.6) is 0 Å². The first-order chi connectivity index (χ1) is 11.6. The lowest BCUT2D eigenvalue weighted by Crippen LogP contribution is -2.12. The zero-order valence-electron chi connectivity index (χ0n) is 13.1. The van der Waals surface area contributed by atoms with Crippen molar-refractivity contribution in [1.82, 2.24) is 15.2 Å². The Bertz CT molecular complexity index is 1010. The molecule has 0 aliphatic carbocycles. The number of hydrogen-bond donors (Lipinski definition) is 2. The lowest BCUT2D eigenvalue weighted by atomic mass is 10.2. The quantitative estimate of drug-likeness (QED) is 0.599. The summed E-state index contributed by atoms with van der Waals surface area (Å²) in [6.45, 7) is 3.65. The molecule has 0 atom stereocenters. The van der Waals surface area contributed by atoms with Crippen LogP contribution in [0.3, 0.4) is 0 Å². The van der Waals surface area contributed by atoms with Crippen molar-refractivity contribution in [2.45, 2.75) is 13.8 Å². The molecule has 0 saturated carbocycles. The fourth-order valence-electron chi connectivity index (χ4n) is 2.59. The molecule has 4 aromatic rings. The molecule has 0 aliphatic rings.